The third kappa shape index (κ3) is 2.94. The monoisotopic (exact) mass is 289 g/mol. The number of carbonyl (C=O) groups excluding carboxylic acids is 1. The van der Waals surface area contributed by atoms with E-state index in [4.69, 9.17) is 10.00 Å². The van der Waals surface area contributed by atoms with Crippen LogP contribution in [0.15, 0.2) is 18.2 Å². The molecule has 1 atom stereocenters. The molecule has 0 radical (unpaired) electrons. The van der Waals surface area contributed by atoms with Crippen LogP contribution in [0.1, 0.15) is 25.3 Å². The van der Waals surface area contributed by atoms with Crippen molar-refractivity contribution in [2.24, 2.45) is 0 Å². The van der Waals surface area contributed by atoms with Gasteiger partial charge in [0.25, 0.3) is 5.69 Å². The molecule has 0 spiro atoms. The Kier molecular flexibility index (Phi) is 4.38. The number of rotatable bonds is 4. The quantitative estimate of drug-likeness (QED) is 0.478. The number of anilines is 1. The van der Waals surface area contributed by atoms with Crippen molar-refractivity contribution < 1.29 is 14.5 Å². The van der Waals surface area contributed by atoms with Crippen molar-refractivity contribution in [3.63, 3.8) is 0 Å². The van der Waals surface area contributed by atoms with E-state index >= 15 is 0 Å². The molecule has 0 amide bonds. The van der Waals surface area contributed by atoms with Gasteiger partial charge in [-0.15, -0.1) is 0 Å². The minimum atomic E-state index is -0.586. The van der Waals surface area contributed by atoms with Crippen LogP contribution < -0.4 is 4.90 Å². The molecule has 1 aliphatic heterocycles. The molecule has 0 N–H and O–H groups in total. The number of nitro groups is 1. The maximum Gasteiger partial charge on any atom is 0.328 e. The highest BCUT2D eigenvalue weighted by Gasteiger charge is 2.33. The van der Waals surface area contributed by atoms with Crippen LogP contribution in [-0.2, 0) is 9.53 Å². The molecule has 0 saturated carbocycles. The largest absolute Gasteiger partial charge is 0.464 e. The number of benzene rings is 1. The molecule has 1 aliphatic rings. The Morgan fingerprint density at radius 3 is 3.00 bits per heavy atom. The molecule has 1 fully saturated rings. The summed E-state index contributed by atoms with van der Waals surface area (Å²) in [5.41, 5.74) is 0.330. The first-order chi connectivity index (χ1) is 10.1. The van der Waals surface area contributed by atoms with Gasteiger partial charge in [0, 0.05) is 18.3 Å². The fraction of sp³-hybridized carbons (Fsp3) is 0.429. The van der Waals surface area contributed by atoms with E-state index in [1.54, 1.807) is 24.0 Å². The molecule has 0 aliphatic carbocycles. The summed E-state index contributed by atoms with van der Waals surface area (Å²) in [7, 11) is 0. The molecule has 7 nitrogen and oxygen atoms in total. The summed E-state index contributed by atoms with van der Waals surface area (Å²) < 4.78 is 5.03. The summed E-state index contributed by atoms with van der Waals surface area (Å²) >= 11 is 0. The van der Waals surface area contributed by atoms with E-state index < -0.39 is 11.0 Å². The van der Waals surface area contributed by atoms with Gasteiger partial charge in [-0.3, -0.25) is 10.1 Å². The van der Waals surface area contributed by atoms with Crippen LogP contribution in [-0.4, -0.2) is 30.1 Å². The molecule has 7 heteroatoms. The Morgan fingerprint density at radius 1 is 1.62 bits per heavy atom. The first-order valence-electron chi connectivity index (χ1n) is 6.70. The lowest BCUT2D eigenvalue weighted by Crippen LogP contribution is -2.37. The van der Waals surface area contributed by atoms with Crippen LogP contribution in [0.25, 0.3) is 0 Å². The second kappa shape index (κ2) is 6.22. The molecule has 1 saturated heterocycles. The predicted octanol–water partition coefficient (Wildman–Crippen LogP) is 2.00. The fourth-order valence-electron chi connectivity index (χ4n) is 2.50. The predicted molar refractivity (Wildman–Crippen MR) is 74.8 cm³/mol. The van der Waals surface area contributed by atoms with Gasteiger partial charge in [0.2, 0.25) is 0 Å². The van der Waals surface area contributed by atoms with Crippen LogP contribution >= 0.6 is 0 Å². The molecule has 1 unspecified atom stereocenters. The second-order valence-corrected chi connectivity index (χ2v) is 4.67. The zero-order valence-corrected chi connectivity index (χ0v) is 11.6. The van der Waals surface area contributed by atoms with Crippen molar-refractivity contribution in [3.05, 3.63) is 33.9 Å². The molecule has 1 aromatic carbocycles. The highest BCUT2D eigenvalue weighted by molar-refractivity contribution is 5.81. The first kappa shape index (κ1) is 14.8. The van der Waals surface area contributed by atoms with E-state index in [0.29, 0.717) is 25.3 Å². The first-order valence-corrected chi connectivity index (χ1v) is 6.70. The lowest BCUT2D eigenvalue weighted by atomic mass is 10.1. The van der Waals surface area contributed by atoms with Crippen LogP contribution in [0.5, 0.6) is 0 Å². The molecule has 0 aromatic heterocycles. The van der Waals surface area contributed by atoms with Crippen LogP contribution in [0, 0.1) is 21.4 Å². The number of nitrogens with zero attached hydrogens (tertiary/aromatic N) is 3. The number of esters is 1. The zero-order chi connectivity index (χ0) is 15.4. The van der Waals surface area contributed by atoms with Crippen LogP contribution in [0.2, 0.25) is 0 Å². The molecule has 0 bridgehead atoms. The van der Waals surface area contributed by atoms with Crippen LogP contribution in [0.4, 0.5) is 11.4 Å². The number of carbonyl (C=O) groups is 1. The highest BCUT2D eigenvalue weighted by atomic mass is 16.6. The summed E-state index contributed by atoms with van der Waals surface area (Å²) in [5, 5.41) is 19.9. The molecule has 21 heavy (non-hydrogen) atoms. The van der Waals surface area contributed by atoms with Crippen molar-refractivity contribution in [2.75, 3.05) is 18.1 Å². The number of nitriles is 1. The SMILES string of the molecule is CCOC(=O)C1CCCN1c1ccc(C#N)c([N+](=O)[O-])c1. The lowest BCUT2D eigenvalue weighted by molar-refractivity contribution is -0.385. The van der Waals surface area contributed by atoms with Crippen molar-refractivity contribution >= 4 is 17.3 Å². The van der Waals surface area contributed by atoms with Gasteiger partial charge in [-0.05, 0) is 31.9 Å². The summed E-state index contributed by atoms with van der Waals surface area (Å²) in [5.74, 6) is -0.318. The van der Waals surface area contributed by atoms with E-state index in [1.165, 1.54) is 12.1 Å². The minimum absolute atomic E-state index is 0.00984. The standard InChI is InChI=1S/C14H15N3O4/c1-2-21-14(18)12-4-3-7-16(12)11-6-5-10(9-15)13(8-11)17(19)20/h5-6,8,12H,2-4,7H2,1H3. The van der Waals surface area contributed by atoms with Gasteiger partial charge < -0.3 is 9.64 Å². The average Bonchev–Trinajstić information content (AvgIpc) is 2.96. The van der Waals surface area contributed by atoms with Crippen molar-refractivity contribution in [1.29, 1.82) is 5.26 Å². The summed E-state index contributed by atoms with van der Waals surface area (Å²) in [4.78, 5) is 24.1. The Morgan fingerprint density at radius 2 is 2.38 bits per heavy atom. The lowest BCUT2D eigenvalue weighted by Gasteiger charge is -2.25. The Hall–Kier alpha value is -2.62. The topological polar surface area (TPSA) is 96.5 Å². The smallest absolute Gasteiger partial charge is 0.328 e. The Balaban J connectivity index is 2.33. The van der Waals surface area contributed by atoms with E-state index in [2.05, 4.69) is 0 Å². The normalized spacial score (nSPS) is 17.3. The van der Waals surface area contributed by atoms with Gasteiger partial charge in [-0.25, -0.2) is 4.79 Å². The summed E-state index contributed by atoms with van der Waals surface area (Å²) in [6, 6.07) is 5.76. The fourth-order valence-corrected chi connectivity index (χ4v) is 2.50. The van der Waals surface area contributed by atoms with E-state index in [1.807, 2.05) is 0 Å². The van der Waals surface area contributed by atoms with Gasteiger partial charge in [-0.1, -0.05) is 0 Å². The number of hydrogen-bond acceptors (Lipinski definition) is 6. The summed E-state index contributed by atoms with van der Waals surface area (Å²) in [6.45, 7) is 2.67. The third-order valence-corrected chi connectivity index (χ3v) is 3.44. The van der Waals surface area contributed by atoms with Crippen molar-refractivity contribution in [2.45, 2.75) is 25.8 Å². The molecule has 1 heterocycles. The van der Waals surface area contributed by atoms with Crippen molar-refractivity contribution in [1.82, 2.24) is 0 Å². The van der Waals surface area contributed by atoms with E-state index in [-0.39, 0.29) is 17.2 Å². The van der Waals surface area contributed by atoms with Gasteiger partial charge in [-0.2, -0.15) is 5.26 Å². The molecule has 1 aromatic rings. The number of hydrogen-bond donors (Lipinski definition) is 0. The zero-order valence-electron chi connectivity index (χ0n) is 11.6. The van der Waals surface area contributed by atoms with E-state index in [0.717, 1.165) is 6.42 Å². The second-order valence-electron chi connectivity index (χ2n) is 4.67. The molecule has 2 rings (SSSR count). The maximum atomic E-state index is 11.9. The van der Waals surface area contributed by atoms with Gasteiger partial charge in [0.05, 0.1) is 11.5 Å². The molecule has 110 valence electrons. The Labute approximate surface area is 121 Å². The number of ether oxygens (including phenoxy) is 1. The molecular weight excluding hydrogens is 274 g/mol. The average molecular weight is 289 g/mol. The highest BCUT2D eigenvalue weighted by Crippen LogP contribution is 2.30. The third-order valence-electron chi connectivity index (χ3n) is 3.44. The van der Waals surface area contributed by atoms with Gasteiger partial charge in [0.1, 0.15) is 17.7 Å². The van der Waals surface area contributed by atoms with Crippen LogP contribution in [0.3, 0.4) is 0 Å². The minimum Gasteiger partial charge on any atom is -0.464 e. The summed E-state index contributed by atoms with van der Waals surface area (Å²) in [6.07, 6.45) is 1.48. The Bertz CT molecular complexity index is 609. The van der Waals surface area contributed by atoms with E-state index in [9.17, 15) is 14.9 Å². The molecular formula is C14H15N3O4. The van der Waals surface area contributed by atoms with Crippen molar-refractivity contribution in [3.8, 4) is 6.07 Å². The maximum absolute atomic E-state index is 11.9. The van der Waals surface area contributed by atoms with Gasteiger partial charge >= 0.3 is 5.97 Å². The number of nitro benzene ring substituents is 1. The van der Waals surface area contributed by atoms with Gasteiger partial charge in [0.15, 0.2) is 0 Å².